The first kappa shape index (κ1) is 59.4. The summed E-state index contributed by atoms with van der Waals surface area (Å²) in [7, 11) is 1.36. The van der Waals surface area contributed by atoms with Gasteiger partial charge in [0.1, 0.15) is 19.8 Å². The van der Waals surface area contributed by atoms with Crippen LogP contribution >= 0.6 is 7.82 Å². The zero-order chi connectivity index (χ0) is 45.8. The van der Waals surface area contributed by atoms with Crippen molar-refractivity contribution >= 4 is 19.8 Å². The Bertz CT molecular complexity index is 1300. The number of carbonyl (C=O) groups excluding carboxylic acids is 2. The summed E-state index contributed by atoms with van der Waals surface area (Å²) in [6.07, 6.45) is 49.8. The number of carbonyl (C=O) groups is 2. The lowest BCUT2D eigenvalue weighted by Crippen LogP contribution is -2.37. The van der Waals surface area contributed by atoms with Gasteiger partial charge in [-0.1, -0.05) is 164 Å². The van der Waals surface area contributed by atoms with Crippen LogP contribution in [-0.4, -0.2) is 86.1 Å². The van der Waals surface area contributed by atoms with Crippen LogP contribution in [0.5, 0.6) is 0 Å². The molecule has 11 heteroatoms. The van der Waals surface area contributed by atoms with Crippen molar-refractivity contribution in [2.75, 3.05) is 47.5 Å². The summed E-state index contributed by atoms with van der Waals surface area (Å²) in [5.41, 5.74) is 0. The summed E-state index contributed by atoms with van der Waals surface area (Å²) >= 11 is 0. The highest BCUT2D eigenvalue weighted by Crippen LogP contribution is 2.43. The standard InChI is InChI=1S/C51H90NO9P/c1-6-8-10-12-14-16-18-20-21-22-23-24-25-26-28-30-32-34-36-38-42-51(55)61-49(47-60-62(56,57)59-45-44-52(3,4)5)46-58-50(54)43-39-41-48(53)40-37-35-33-31-29-27-19-17-15-13-11-9-7-2/h16,18,21-22,24-25,27,29,33,35,37,40,48-49,53H,6-15,17,19-20,23,26,28,30-32,34,36,38-39,41-47H2,1-5H3/p+1/b18-16-,22-21-,25-24-,29-27+,35-33+,40-37+/t48?,49-/m1/s1. The van der Waals surface area contributed by atoms with Gasteiger partial charge in [-0.2, -0.15) is 0 Å². The van der Waals surface area contributed by atoms with Crippen molar-refractivity contribution in [2.24, 2.45) is 0 Å². The van der Waals surface area contributed by atoms with Crippen LogP contribution in [0.15, 0.2) is 72.9 Å². The van der Waals surface area contributed by atoms with Crippen LogP contribution < -0.4 is 0 Å². The third kappa shape index (κ3) is 45.4. The Morgan fingerprint density at radius 3 is 1.63 bits per heavy atom. The average Bonchev–Trinajstić information content (AvgIpc) is 3.22. The lowest BCUT2D eigenvalue weighted by atomic mass is 10.1. The van der Waals surface area contributed by atoms with Crippen molar-refractivity contribution in [3.63, 3.8) is 0 Å². The van der Waals surface area contributed by atoms with Crippen LogP contribution in [0.1, 0.15) is 181 Å². The number of hydrogen-bond donors (Lipinski definition) is 2. The molecule has 0 aromatic heterocycles. The number of hydrogen-bond acceptors (Lipinski definition) is 8. The molecule has 0 radical (unpaired) electrons. The summed E-state index contributed by atoms with van der Waals surface area (Å²) < 4.78 is 34.2. The van der Waals surface area contributed by atoms with Gasteiger partial charge in [0, 0.05) is 12.8 Å². The van der Waals surface area contributed by atoms with Crippen LogP contribution in [0.3, 0.4) is 0 Å². The largest absolute Gasteiger partial charge is 0.472 e. The molecule has 0 rings (SSSR count). The summed E-state index contributed by atoms with van der Waals surface area (Å²) in [6, 6.07) is 0. The van der Waals surface area contributed by atoms with Crippen molar-refractivity contribution in [1.29, 1.82) is 0 Å². The van der Waals surface area contributed by atoms with Gasteiger partial charge in [0.25, 0.3) is 0 Å². The molecule has 0 bridgehead atoms. The molecule has 10 nitrogen and oxygen atoms in total. The highest BCUT2D eigenvalue weighted by atomic mass is 31.2. The Morgan fingerprint density at radius 1 is 0.581 bits per heavy atom. The fourth-order valence-electron chi connectivity index (χ4n) is 6.21. The molecule has 0 spiro atoms. The molecule has 0 aliphatic carbocycles. The fourth-order valence-corrected chi connectivity index (χ4v) is 6.95. The van der Waals surface area contributed by atoms with Crippen molar-refractivity contribution < 1.29 is 47.2 Å². The van der Waals surface area contributed by atoms with Crippen molar-refractivity contribution in [3.05, 3.63) is 72.9 Å². The van der Waals surface area contributed by atoms with Crippen LogP contribution in [0.2, 0.25) is 0 Å². The molecule has 0 saturated heterocycles. The summed E-state index contributed by atoms with van der Waals surface area (Å²) in [5.74, 6) is -1.01. The normalized spacial score (nSPS) is 14.6. The Kier molecular flexibility index (Phi) is 40.6. The van der Waals surface area contributed by atoms with Gasteiger partial charge in [-0.15, -0.1) is 0 Å². The van der Waals surface area contributed by atoms with E-state index in [1.54, 1.807) is 6.08 Å². The van der Waals surface area contributed by atoms with E-state index < -0.39 is 38.6 Å². The molecule has 0 saturated carbocycles. The topological polar surface area (TPSA) is 129 Å². The molecule has 0 aliphatic heterocycles. The van der Waals surface area contributed by atoms with E-state index in [0.29, 0.717) is 30.3 Å². The van der Waals surface area contributed by atoms with Crippen LogP contribution in [0, 0.1) is 0 Å². The van der Waals surface area contributed by atoms with Gasteiger partial charge in [-0.05, 0) is 77.0 Å². The molecular formula is C51H91NO9P+. The highest BCUT2D eigenvalue weighted by Gasteiger charge is 2.27. The minimum absolute atomic E-state index is 0.00332. The maximum absolute atomic E-state index is 12.7. The fraction of sp³-hybridized carbons (Fsp3) is 0.725. The van der Waals surface area contributed by atoms with Gasteiger partial charge in [-0.3, -0.25) is 18.6 Å². The quantitative estimate of drug-likeness (QED) is 0.0153. The number of allylic oxidation sites excluding steroid dienone is 11. The molecule has 0 aromatic carbocycles. The molecule has 0 aromatic rings. The maximum Gasteiger partial charge on any atom is 0.472 e. The van der Waals surface area contributed by atoms with Crippen LogP contribution in [-0.2, 0) is 32.7 Å². The number of phosphoric acid groups is 1. The first-order valence-corrected chi connectivity index (χ1v) is 25.8. The average molecular weight is 893 g/mol. The van der Waals surface area contributed by atoms with E-state index in [1.165, 1.54) is 70.6 Å². The number of rotatable bonds is 43. The van der Waals surface area contributed by atoms with E-state index in [-0.39, 0.29) is 26.1 Å². The van der Waals surface area contributed by atoms with Crippen molar-refractivity contribution in [3.8, 4) is 0 Å². The van der Waals surface area contributed by atoms with E-state index in [9.17, 15) is 24.2 Å². The predicted octanol–water partition coefficient (Wildman–Crippen LogP) is 13.2. The number of nitrogens with zero attached hydrogens (tertiary/aromatic N) is 1. The Morgan fingerprint density at radius 2 is 1.06 bits per heavy atom. The smallest absolute Gasteiger partial charge is 0.462 e. The molecule has 358 valence electrons. The summed E-state index contributed by atoms with van der Waals surface area (Å²) in [4.78, 5) is 35.5. The monoisotopic (exact) mass is 893 g/mol. The van der Waals surface area contributed by atoms with E-state index in [4.69, 9.17) is 18.5 Å². The molecule has 0 fully saturated rings. The number of phosphoric ester groups is 1. The third-order valence-corrected chi connectivity index (χ3v) is 11.0. The van der Waals surface area contributed by atoms with Gasteiger partial charge in [-0.25, -0.2) is 4.57 Å². The zero-order valence-corrected chi connectivity index (χ0v) is 40.8. The van der Waals surface area contributed by atoms with Gasteiger partial charge < -0.3 is 24.0 Å². The Labute approximate surface area is 379 Å². The van der Waals surface area contributed by atoms with Gasteiger partial charge in [0.05, 0.1) is 33.9 Å². The van der Waals surface area contributed by atoms with Gasteiger partial charge >= 0.3 is 19.8 Å². The lowest BCUT2D eigenvalue weighted by molar-refractivity contribution is -0.870. The number of esters is 2. The van der Waals surface area contributed by atoms with Crippen molar-refractivity contribution in [2.45, 2.75) is 193 Å². The SMILES string of the molecule is CCCCCC/C=C\C/C=C\C/C=C\CCCCCCCCC(=O)O[C@H](COC(=O)CCCC(O)/C=C/C=C/C/C=C/CCCCCCCC)COP(=O)(O)OCC[N+](C)(C)C. The maximum atomic E-state index is 12.7. The van der Waals surface area contributed by atoms with E-state index >= 15 is 0 Å². The number of aliphatic hydroxyl groups excluding tert-OH is 1. The van der Waals surface area contributed by atoms with Crippen LogP contribution in [0.4, 0.5) is 0 Å². The predicted molar refractivity (Wildman–Crippen MR) is 258 cm³/mol. The second-order valence-electron chi connectivity index (χ2n) is 17.3. The molecule has 0 amide bonds. The molecule has 2 unspecified atom stereocenters. The third-order valence-electron chi connectivity index (χ3n) is 10.1. The van der Waals surface area contributed by atoms with Gasteiger partial charge in [0.15, 0.2) is 6.10 Å². The number of unbranched alkanes of at least 4 members (excludes halogenated alkanes) is 16. The molecule has 62 heavy (non-hydrogen) atoms. The molecule has 0 heterocycles. The minimum atomic E-state index is -4.43. The number of quaternary nitrogens is 1. The molecule has 0 aliphatic rings. The first-order chi connectivity index (χ1) is 29.9. The number of likely N-dealkylation sites (N-methyl/N-ethyl adjacent to an activating group) is 1. The van der Waals surface area contributed by atoms with Crippen molar-refractivity contribution in [1.82, 2.24) is 0 Å². The molecule has 3 atom stereocenters. The lowest BCUT2D eigenvalue weighted by Gasteiger charge is -2.24. The molecular weight excluding hydrogens is 802 g/mol. The Hall–Kier alpha value is -2.59. The minimum Gasteiger partial charge on any atom is -0.462 e. The van der Waals surface area contributed by atoms with Crippen LogP contribution in [0.25, 0.3) is 0 Å². The highest BCUT2D eigenvalue weighted by molar-refractivity contribution is 7.47. The summed E-state index contributed by atoms with van der Waals surface area (Å²) in [6.45, 7) is 4.16. The number of aliphatic hydroxyl groups is 1. The Balaban J connectivity index is 4.51. The van der Waals surface area contributed by atoms with E-state index in [0.717, 1.165) is 64.2 Å². The zero-order valence-electron chi connectivity index (χ0n) is 39.9. The van der Waals surface area contributed by atoms with E-state index in [2.05, 4.69) is 62.5 Å². The first-order valence-electron chi connectivity index (χ1n) is 24.3. The summed E-state index contributed by atoms with van der Waals surface area (Å²) in [5, 5.41) is 10.3. The molecule has 2 N–H and O–H groups in total. The van der Waals surface area contributed by atoms with Gasteiger partial charge in [0.2, 0.25) is 0 Å². The second kappa shape index (κ2) is 42.4. The number of ether oxygens (including phenoxy) is 2. The van der Waals surface area contributed by atoms with E-state index in [1.807, 2.05) is 39.4 Å². The second-order valence-corrected chi connectivity index (χ2v) is 18.8.